The second-order valence-corrected chi connectivity index (χ2v) is 7.17. The number of ether oxygens (including phenoxy) is 2. The fraction of sp³-hybridized carbons (Fsp3) is 0.650. The Bertz CT molecular complexity index is 492. The summed E-state index contributed by atoms with van der Waals surface area (Å²) in [5.41, 5.74) is 0.676. The molecule has 4 nitrogen and oxygen atoms in total. The molecule has 0 aliphatic carbocycles. The van der Waals surface area contributed by atoms with Crippen LogP contribution in [0.15, 0.2) is 24.3 Å². The number of rotatable bonds is 9. The Labute approximate surface area is 145 Å². The van der Waals surface area contributed by atoms with E-state index in [2.05, 4.69) is 26.1 Å². The second kappa shape index (κ2) is 9.67. The Balaban J connectivity index is 1.73. The molecule has 0 bridgehead atoms. The first-order chi connectivity index (χ1) is 11.5. The predicted molar refractivity (Wildman–Crippen MR) is 96.5 cm³/mol. The molecule has 24 heavy (non-hydrogen) atoms. The maximum absolute atomic E-state index is 12.3. The molecule has 2 rings (SSSR count). The highest BCUT2D eigenvalue weighted by Crippen LogP contribution is 2.17. The first-order valence-electron chi connectivity index (χ1n) is 9.20. The average Bonchev–Trinajstić information content (AvgIpc) is 3.06. The van der Waals surface area contributed by atoms with Crippen molar-refractivity contribution in [3.8, 4) is 5.75 Å². The van der Waals surface area contributed by atoms with Crippen LogP contribution in [0, 0.1) is 5.92 Å². The van der Waals surface area contributed by atoms with Gasteiger partial charge in [0.15, 0.2) is 0 Å². The lowest BCUT2D eigenvalue weighted by Gasteiger charge is -2.15. The van der Waals surface area contributed by atoms with Crippen LogP contribution in [0.4, 0.5) is 0 Å². The van der Waals surface area contributed by atoms with E-state index in [1.54, 1.807) is 0 Å². The molecule has 0 radical (unpaired) electrons. The van der Waals surface area contributed by atoms with E-state index in [4.69, 9.17) is 9.47 Å². The predicted octanol–water partition coefficient (Wildman–Crippen LogP) is 4.19. The monoisotopic (exact) mass is 333 g/mol. The van der Waals surface area contributed by atoms with E-state index >= 15 is 0 Å². The zero-order valence-electron chi connectivity index (χ0n) is 15.2. The van der Waals surface area contributed by atoms with Crippen LogP contribution in [0.5, 0.6) is 5.75 Å². The Morgan fingerprint density at radius 2 is 2.00 bits per heavy atom. The highest BCUT2D eigenvalue weighted by molar-refractivity contribution is 5.94. The highest BCUT2D eigenvalue weighted by Gasteiger charge is 2.16. The molecule has 0 saturated carbocycles. The lowest BCUT2D eigenvalue weighted by molar-refractivity contribution is 0.0679. The van der Waals surface area contributed by atoms with Gasteiger partial charge in [0.2, 0.25) is 0 Å². The minimum atomic E-state index is -0.0160. The topological polar surface area (TPSA) is 47.6 Å². The molecule has 1 aliphatic heterocycles. The van der Waals surface area contributed by atoms with Gasteiger partial charge in [-0.25, -0.2) is 0 Å². The van der Waals surface area contributed by atoms with Crippen molar-refractivity contribution in [3.63, 3.8) is 0 Å². The van der Waals surface area contributed by atoms with E-state index in [-0.39, 0.29) is 18.1 Å². The standard InChI is InChI=1S/C20H31NO3/c1-15(2)6-4-7-16(3)21-20(22)17-9-11-18(12-10-17)24-14-19-8-5-13-23-19/h9-12,15-16,19H,4-8,13-14H2,1-3H3,(H,21,22). The van der Waals surface area contributed by atoms with Gasteiger partial charge in [-0.15, -0.1) is 0 Å². The van der Waals surface area contributed by atoms with Gasteiger partial charge in [-0.2, -0.15) is 0 Å². The SMILES string of the molecule is CC(C)CCCC(C)NC(=O)c1ccc(OCC2CCCO2)cc1. The number of benzene rings is 1. The summed E-state index contributed by atoms with van der Waals surface area (Å²) in [5, 5.41) is 3.07. The molecule has 2 atom stereocenters. The molecule has 1 aromatic rings. The lowest BCUT2D eigenvalue weighted by atomic mass is 10.0. The summed E-state index contributed by atoms with van der Waals surface area (Å²) in [6, 6.07) is 7.55. The molecule has 4 heteroatoms. The van der Waals surface area contributed by atoms with Gasteiger partial charge in [0, 0.05) is 18.2 Å². The van der Waals surface area contributed by atoms with Crippen molar-refractivity contribution in [3.05, 3.63) is 29.8 Å². The maximum Gasteiger partial charge on any atom is 0.251 e. The van der Waals surface area contributed by atoms with Gasteiger partial charge in [0.25, 0.3) is 5.91 Å². The molecule has 1 amide bonds. The van der Waals surface area contributed by atoms with Gasteiger partial charge in [-0.3, -0.25) is 4.79 Å². The maximum atomic E-state index is 12.3. The second-order valence-electron chi connectivity index (χ2n) is 7.17. The van der Waals surface area contributed by atoms with Crippen molar-refractivity contribution in [2.24, 2.45) is 5.92 Å². The van der Waals surface area contributed by atoms with Crippen LogP contribution in [0.3, 0.4) is 0 Å². The molecular weight excluding hydrogens is 302 g/mol. The summed E-state index contributed by atoms with van der Waals surface area (Å²) < 4.78 is 11.3. The summed E-state index contributed by atoms with van der Waals surface area (Å²) in [7, 11) is 0. The highest BCUT2D eigenvalue weighted by atomic mass is 16.5. The lowest BCUT2D eigenvalue weighted by Crippen LogP contribution is -2.32. The van der Waals surface area contributed by atoms with E-state index in [0.717, 1.165) is 44.0 Å². The normalized spacial score (nSPS) is 18.6. The van der Waals surface area contributed by atoms with Crippen molar-refractivity contribution in [1.29, 1.82) is 0 Å². The summed E-state index contributed by atoms with van der Waals surface area (Å²) in [6.45, 7) is 7.94. The first-order valence-corrected chi connectivity index (χ1v) is 9.20. The molecule has 1 N–H and O–H groups in total. The summed E-state index contributed by atoms with van der Waals surface area (Å²) in [6.07, 6.45) is 5.76. The molecule has 1 fully saturated rings. The zero-order chi connectivity index (χ0) is 17.4. The third-order valence-electron chi connectivity index (χ3n) is 4.37. The molecule has 1 saturated heterocycles. The number of nitrogens with one attached hydrogen (secondary N) is 1. The van der Waals surface area contributed by atoms with E-state index in [1.807, 2.05) is 24.3 Å². The molecular formula is C20H31NO3. The van der Waals surface area contributed by atoms with Crippen LogP contribution in [0.25, 0.3) is 0 Å². The van der Waals surface area contributed by atoms with Crippen LogP contribution in [0.2, 0.25) is 0 Å². The average molecular weight is 333 g/mol. The van der Waals surface area contributed by atoms with Crippen molar-refractivity contribution in [1.82, 2.24) is 5.32 Å². The molecule has 134 valence electrons. The first kappa shape index (κ1) is 18.8. The zero-order valence-corrected chi connectivity index (χ0v) is 15.2. The Morgan fingerprint density at radius 1 is 1.25 bits per heavy atom. The third kappa shape index (κ3) is 6.52. The molecule has 2 unspecified atom stereocenters. The van der Waals surface area contributed by atoms with Gasteiger partial charge in [-0.05, 0) is 56.4 Å². The summed E-state index contributed by atoms with van der Waals surface area (Å²) in [4.78, 5) is 12.3. The fourth-order valence-corrected chi connectivity index (χ4v) is 2.88. The van der Waals surface area contributed by atoms with Crippen molar-refractivity contribution in [2.75, 3.05) is 13.2 Å². The molecule has 1 aliphatic rings. The van der Waals surface area contributed by atoms with E-state index in [1.165, 1.54) is 6.42 Å². The van der Waals surface area contributed by atoms with Gasteiger partial charge in [0.05, 0.1) is 6.10 Å². The Morgan fingerprint density at radius 3 is 2.62 bits per heavy atom. The largest absolute Gasteiger partial charge is 0.491 e. The Kier molecular flexibility index (Phi) is 7.57. The molecule has 0 spiro atoms. The number of hydrogen-bond donors (Lipinski definition) is 1. The van der Waals surface area contributed by atoms with Crippen molar-refractivity contribution in [2.45, 2.75) is 65.0 Å². The summed E-state index contributed by atoms with van der Waals surface area (Å²) in [5.74, 6) is 1.49. The van der Waals surface area contributed by atoms with Crippen molar-refractivity contribution < 1.29 is 14.3 Å². The minimum absolute atomic E-state index is 0.0160. The number of carbonyl (C=O) groups excluding carboxylic acids is 1. The van der Waals surface area contributed by atoms with Crippen LogP contribution >= 0.6 is 0 Å². The van der Waals surface area contributed by atoms with Gasteiger partial charge >= 0.3 is 0 Å². The van der Waals surface area contributed by atoms with Crippen LogP contribution in [-0.4, -0.2) is 31.3 Å². The summed E-state index contributed by atoms with van der Waals surface area (Å²) >= 11 is 0. The Hall–Kier alpha value is -1.55. The van der Waals surface area contributed by atoms with Gasteiger partial charge in [0.1, 0.15) is 12.4 Å². The fourth-order valence-electron chi connectivity index (χ4n) is 2.88. The molecule has 1 aromatic carbocycles. The minimum Gasteiger partial charge on any atom is -0.491 e. The number of hydrogen-bond acceptors (Lipinski definition) is 3. The number of amides is 1. The van der Waals surface area contributed by atoms with E-state index in [0.29, 0.717) is 12.2 Å². The smallest absolute Gasteiger partial charge is 0.251 e. The molecule has 0 aromatic heterocycles. The van der Waals surface area contributed by atoms with Crippen LogP contribution < -0.4 is 10.1 Å². The quantitative estimate of drug-likeness (QED) is 0.737. The molecule has 1 heterocycles. The number of carbonyl (C=O) groups is 1. The van der Waals surface area contributed by atoms with Gasteiger partial charge in [-0.1, -0.05) is 26.7 Å². The van der Waals surface area contributed by atoms with Crippen LogP contribution in [0.1, 0.15) is 63.2 Å². The van der Waals surface area contributed by atoms with E-state index in [9.17, 15) is 4.79 Å². The van der Waals surface area contributed by atoms with Crippen molar-refractivity contribution >= 4 is 5.91 Å². The van der Waals surface area contributed by atoms with Crippen LogP contribution in [-0.2, 0) is 4.74 Å². The van der Waals surface area contributed by atoms with E-state index < -0.39 is 0 Å². The third-order valence-corrected chi connectivity index (χ3v) is 4.37. The van der Waals surface area contributed by atoms with Gasteiger partial charge < -0.3 is 14.8 Å².